The van der Waals surface area contributed by atoms with Crippen molar-refractivity contribution in [3.63, 3.8) is 0 Å². The van der Waals surface area contributed by atoms with Gasteiger partial charge in [-0.1, -0.05) is 62.1 Å². The van der Waals surface area contributed by atoms with Gasteiger partial charge in [0.2, 0.25) is 0 Å². The van der Waals surface area contributed by atoms with Crippen LogP contribution in [-0.2, 0) is 11.4 Å². The van der Waals surface area contributed by atoms with Crippen molar-refractivity contribution in [3.05, 3.63) is 64.3 Å². The van der Waals surface area contributed by atoms with Crippen LogP contribution in [-0.4, -0.2) is 28.3 Å². The van der Waals surface area contributed by atoms with E-state index in [0.29, 0.717) is 45.4 Å². The lowest BCUT2D eigenvalue weighted by Crippen LogP contribution is -2.31. The smallest absolute Gasteiger partial charge is 0.266 e. The van der Waals surface area contributed by atoms with E-state index < -0.39 is 0 Å². The van der Waals surface area contributed by atoms with Gasteiger partial charge in [-0.3, -0.25) is 9.69 Å². The maximum Gasteiger partial charge on any atom is 0.266 e. The van der Waals surface area contributed by atoms with Crippen LogP contribution >= 0.6 is 24.0 Å². The summed E-state index contributed by atoms with van der Waals surface area (Å²) in [4.78, 5) is 14.9. The third-order valence-electron chi connectivity index (χ3n) is 4.33. The molecule has 4 nitrogen and oxygen atoms in total. The van der Waals surface area contributed by atoms with Gasteiger partial charge in [-0.05, 0) is 42.7 Å². The fourth-order valence-electron chi connectivity index (χ4n) is 2.95. The zero-order valence-electron chi connectivity index (χ0n) is 17.2. The summed E-state index contributed by atoms with van der Waals surface area (Å²) < 4.78 is 25.9. The van der Waals surface area contributed by atoms with Gasteiger partial charge in [0.1, 0.15) is 16.7 Å². The molecule has 7 heteroatoms. The summed E-state index contributed by atoms with van der Waals surface area (Å²) in [6, 6.07) is 11.9. The molecule has 1 saturated heterocycles. The number of thioether (sulfide) groups is 1. The first-order chi connectivity index (χ1) is 14.4. The predicted octanol–water partition coefficient (Wildman–Crippen LogP) is 5.66. The Morgan fingerprint density at radius 2 is 1.93 bits per heavy atom. The lowest BCUT2D eigenvalue weighted by Gasteiger charge is -2.16. The molecule has 0 spiro atoms. The molecule has 0 saturated carbocycles. The molecular weight excluding hydrogens is 421 g/mol. The Kier molecular flexibility index (Phi) is 7.50. The van der Waals surface area contributed by atoms with Crippen LogP contribution in [0.3, 0.4) is 0 Å². The second-order valence-corrected chi connectivity index (χ2v) is 8.88. The van der Waals surface area contributed by atoms with Crippen LogP contribution in [0.1, 0.15) is 31.9 Å². The van der Waals surface area contributed by atoms with Crippen LogP contribution in [0.2, 0.25) is 0 Å². The van der Waals surface area contributed by atoms with Gasteiger partial charge in [-0.25, -0.2) is 4.39 Å². The number of thiocarbonyl (C=S) groups is 1. The van der Waals surface area contributed by atoms with E-state index in [-0.39, 0.29) is 18.3 Å². The summed E-state index contributed by atoms with van der Waals surface area (Å²) in [6.45, 7) is 7.14. The molecule has 1 amide bonds. The molecule has 0 bridgehead atoms. The summed E-state index contributed by atoms with van der Waals surface area (Å²) >= 11 is 6.67. The molecule has 1 aliphatic heterocycles. The summed E-state index contributed by atoms with van der Waals surface area (Å²) in [7, 11) is 0. The number of rotatable bonds is 8. The second kappa shape index (κ2) is 10.1. The van der Waals surface area contributed by atoms with E-state index in [1.807, 2.05) is 25.1 Å². The SMILES string of the molecule is CCOc1cc(/C=C2\SC(=S)N(CC(C)C)C2=O)ccc1OCc1ccccc1F. The molecule has 0 unspecified atom stereocenters. The van der Waals surface area contributed by atoms with Gasteiger partial charge < -0.3 is 9.47 Å². The molecule has 0 N–H and O–H groups in total. The van der Waals surface area contributed by atoms with Crippen molar-refractivity contribution >= 4 is 40.3 Å². The van der Waals surface area contributed by atoms with Crippen LogP contribution in [0.15, 0.2) is 47.4 Å². The van der Waals surface area contributed by atoms with Gasteiger partial charge in [0, 0.05) is 12.1 Å². The monoisotopic (exact) mass is 445 g/mol. The number of carbonyl (C=O) groups is 1. The molecule has 1 heterocycles. The molecule has 30 heavy (non-hydrogen) atoms. The quantitative estimate of drug-likeness (QED) is 0.387. The summed E-state index contributed by atoms with van der Waals surface area (Å²) in [5.74, 6) is 1.01. The Bertz CT molecular complexity index is 975. The van der Waals surface area contributed by atoms with Crippen molar-refractivity contribution in [1.29, 1.82) is 0 Å². The minimum atomic E-state index is -0.310. The van der Waals surface area contributed by atoms with Crippen molar-refractivity contribution in [3.8, 4) is 11.5 Å². The van der Waals surface area contributed by atoms with E-state index >= 15 is 0 Å². The average Bonchev–Trinajstić information content (AvgIpc) is 2.96. The highest BCUT2D eigenvalue weighted by atomic mass is 32.2. The molecule has 0 aliphatic carbocycles. The fraction of sp³-hybridized carbons (Fsp3) is 0.304. The van der Waals surface area contributed by atoms with Gasteiger partial charge in [-0.15, -0.1) is 0 Å². The van der Waals surface area contributed by atoms with Crippen molar-refractivity contribution < 1.29 is 18.7 Å². The first kappa shape index (κ1) is 22.3. The van der Waals surface area contributed by atoms with Crippen molar-refractivity contribution in [1.82, 2.24) is 4.90 Å². The zero-order valence-corrected chi connectivity index (χ0v) is 18.8. The Morgan fingerprint density at radius 3 is 2.63 bits per heavy atom. The Labute approximate surface area is 186 Å². The van der Waals surface area contributed by atoms with Gasteiger partial charge in [0.25, 0.3) is 5.91 Å². The predicted molar refractivity (Wildman–Crippen MR) is 123 cm³/mol. The normalized spacial score (nSPS) is 15.4. The molecule has 0 atom stereocenters. The van der Waals surface area contributed by atoms with Crippen LogP contribution in [0.5, 0.6) is 11.5 Å². The maximum atomic E-state index is 13.8. The van der Waals surface area contributed by atoms with Gasteiger partial charge in [-0.2, -0.15) is 0 Å². The Balaban J connectivity index is 1.79. The van der Waals surface area contributed by atoms with Crippen LogP contribution in [0.25, 0.3) is 6.08 Å². The third-order valence-corrected chi connectivity index (χ3v) is 5.71. The number of carbonyl (C=O) groups excluding carboxylic acids is 1. The van der Waals surface area contributed by atoms with Gasteiger partial charge in [0.05, 0.1) is 11.5 Å². The molecule has 1 aliphatic rings. The van der Waals surface area contributed by atoms with Crippen LogP contribution in [0.4, 0.5) is 4.39 Å². The highest BCUT2D eigenvalue weighted by molar-refractivity contribution is 8.26. The van der Waals surface area contributed by atoms with Gasteiger partial charge in [0.15, 0.2) is 11.5 Å². The van der Waals surface area contributed by atoms with Crippen molar-refractivity contribution in [2.75, 3.05) is 13.2 Å². The van der Waals surface area contributed by atoms with Gasteiger partial charge >= 0.3 is 0 Å². The molecule has 2 aromatic rings. The fourth-order valence-corrected chi connectivity index (χ4v) is 4.22. The Hall–Kier alpha value is -2.38. The van der Waals surface area contributed by atoms with E-state index in [0.717, 1.165) is 5.56 Å². The molecule has 0 radical (unpaired) electrons. The first-order valence-electron chi connectivity index (χ1n) is 9.77. The highest BCUT2D eigenvalue weighted by Gasteiger charge is 2.32. The minimum Gasteiger partial charge on any atom is -0.490 e. The van der Waals surface area contributed by atoms with E-state index in [9.17, 15) is 9.18 Å². The summed E-state index contributed by atoms with van der Waals surface area (Å²) in [5.41, 5.74) is 1.28. The zero-order chi connectivity index (χ0) is 21.7. The third kappa shape index (κ3) is 5.40. The van der Waals surface area contributed by atoms with Crippen molar-refractivity contribution in [2.24, 2.45) is 5.92 Å². The molecule has 2 aromatic carbocycles. The largest absolute Gasteiger partial charge is 0.490 e. The second-order valence-electron chi connectivity index (χ2n) is 7.21. The number of halogens is 1. The maximum absolute atomic E-state index is 13.8. The standard InChI is InChI=1S/C23H24FNO3S2/c1-4-27-20-11-16(12-21-22(26)25(13-15(2)3)23(29)30-21)9-10-19(20)28-14-17-7-5-6-8-18(17)24/h5-12,15H,4,13-14H2,1-3H3/b21-12-. The van der Waals surface area contributed by atoms with Crippen LogP contribution in [0, 0.1) is 11.7 Å². The lowest BCUT2D eigenvalue weighted by molar-refractivity contribution is -0.122. The lowest BCUT2D eigenvalue weighted by atomic mass is 10.1. The number of benzene rings is 2. The van der Waals surface area contributed by atoms with Crippen molar-refractivity contribution in [2.45, 2.75) is 27.4 Å². The minimum absolute atomic E-state index is 0.0726. The number of amides is 1. The van der Waals surface area contributed by atoms with E-state index in [1.165, 1.54) is 17.8 Å². The molecular formula is C23H24FNO3S2. The number of hydrogen-bond donors (Lipinski definition) is 0. The molecule has 0 aromatic heterocycles. The van der Waals surface area contributed by atoms with E-state index in [1.54, 1.807) is 29.2 Å². The van der Waals surface area contributed by atoms with E-state index in [2.05, 4.69) is 13.8 Å². The van der Waals surface area contributed by atoms with E-state index in [4.69, 9.17) is 21.7 Å². The first-order valence-corrected chi connectivity index (χ1v) is 11.0. The van der Waals surface area contributed by atoms with Crippen LogP contribution < -0.4 is 9.47 Å². The Morgan fingerprint density at radius 1 is 1.17 bits per heavy atom. The average molecular weight is 446 g/mol. The topological polar surface area (TPSA) is 38.8 Å². The number of hydrogen-bond acceptors (Lipinski definition) is 5. The molecule has 3 rings (SSSR count). The highest BCUT2D eigenvalue weighted by Crippen LogP contribution is 2.35. The molecule has 158 valence electrons. The number of ether oxygens (including phenoxy) is 2. The number of nitrogens with zero attached hydrogens (tertiary/aromatic N) is 1. The molecule has 1 fully saturated rings. The summed E-state index contributed by atoms with van der Waals surface area (Å²) in [5, 5.41) is 0. The summed E-state index contributed by atoms with van der Waals surface area (Å²) in [6.07, 6.45) is 1.81.